The molecule has 0 bridgehead atoms. The van der Waals surface area contributed by atoms with E-state index in [0.29, 0.717) is 5.56 Å². The molecule has 5 nitrogen and oxygen atoms in total. The number of carboxylic acids is 1. The largest absolute Gasteiger partial charge is 0.480 e. The number of benzene rings is 1. The molecule has 19 heavy (non-hydrogen) atoms. The lowest BCUT2D eigenvalue weighted by Crippen LogP contribution is -2.43. The van der Waals surface area contributed by atoms with Crippen molar-refractivity contribution in [3.8, 4) is 0 Å². The maximum absolute atomic E-state index is 12.9. The maximum Gasteiger partial charge on any atom is 0.328 e. The van der Waals surface area contributed by atoms with E-state index in [1.165, 1.54) is 6.07 Å². The van der Waals surface area contributed by atoms with Crippen molar-refractivity contribution in [3.63, 3.8) is 0 Å². The SMILES string of the molecule is O=C(CCc1ccc(F)c(F)c1)N[C@H](CO)C(=O)O. The van der Waals surface area contributed by atoms with Crippen molar-refractivity contribution < 1.29 is 28.6 Å². The zero-order chi connectivity index (χ0) is 14.4. The Bertz CT molecular complexity index is 479. The molecule has 104 valence electrons. The van der Waals surface area contributed by atoms with Crippen LogP contribution in [0.25, 0.3) is 0 Å². The molecule has 0 unspecified atom stereocenters. The van der Waals surface area contributed by atoms with E-state index in [9.17, 15) is 18.4 Å². The molecule has 0 heterocycles. The first-order valence-corrected chi connectivity index (χ1v) is 5.51. The summed E-state index contributed by atoms with van der Waals surface area (Å²) in [6.45, 7) is -0.716. The Morgan fingerprint density at radius 1 is 1.26 bits per heavy atom. The van der Waals surface area contributed by atoms with E-state index in [1.807, 2.05) is 0 Å². The summed E-state index contributed by atoms with van der Waals surface area (Å²) in [6.07, 6.45) is 0.0512. The number of rotatable bonds is 6. The third-order valence-corrected chi connectivity index (χ3v) is 2.44. The Hall–Kier alpha value is -2.02. The van der Waals surface area contributed by atoms with Crippen LogP contribution >= 0.6 is 0 Å². The van der Waals surface area contributed by atoms with E-state index in [2.05, 4.69) is 5.32 Å². The van der Waals surface area contributed by atoms with Crippen molar-refractivity contribution in [3.05, 3.63) is 35.4 Å². The van der Waals surface area contributed by atoms with Gasteiger partial charge in [-0.2, -0.15) is 0 Å². The molecule has 0 fully saturated rings. The van der Waals surface area contributed by atoms with E-state index >= 15 is 0 Å². The standard InChI is InChI=1S/C12H13F2NO4/c13-8-3-1-7(5-9(8)14)2-4-11(17)15-10(6-16)12(18)19/h1,3,5,10,16H,2,4,6H2,(H,15,17)(H,18,19)/t10-/m1/s1. The van der Waals surface area contributed by atoms with Crippen molar-refractivity contribution in [1.82, 2.24) is 5.32 Å². The van der Waals surface area contributed by atoms with Gasteiger partial charge in [-0.05, 0) is 24.1 Å². The molecular weight excluding hydrogens is 260 g/mol. The van der Waals surface area contributed by atoms with Crippen molar-refractivity contribution in [1.29, 1.82) is 0 Å². The highest BCUT2D eigenvalue weighted by molar-refractivity contribution is 5.83. The molecule has 1 aromatic carbocycles. The number of aliphatic hydroxyl groups is 1. The van der Waals surface area contributed by atoms with Gasteiger partial charge in [-0.1, -0.05) is 6.07 Å². The van der Waals surface area contributed by atoms with Crippen molar-refractivity contribution in [2.45, 2.75) is 18.9 Å². The summed E-state index contributed by atoms with van der Waals surface area (Å²) in [5, 5.41) is 19.4. The van der Waals surface area contributed by atoms with Crippen molar-refractivity contribution in [2.24, 2.45) is 0 Å². The number of hydrogen-bond donors (Lipinski definition) is 3. The van der Waals surface area contributed by atoms with E-state index in [0.717, 1.165) is 12.1 Å². The summed E-state index contributed by atoms with van der Waals surface area (Å²) >= 11 is 0. The zero-order valence-electron chi connectivity index (χ0n) is 9.90. The molecule has 3 N–H and O–H groups in total. The Morgan fingerprint density at radius 2 is 1.95 bits per heavy atom. The van der Waals surface area contributed by atoms with E-state index in [-0.39, 0.29) is 12.8 Å². The second kappa shape index (κ2) is 6.79. The summed E-state index contributed by atoms with van der Waals surface area (Å²) in [5.41, 5.74) is 0.421. The number of amides is 1. The molecule has 1 rings (SSSR count). The van der Waals surface area contributed by atoms with Gasteiger partial charge in [-0.25, -0.2) is 13.6 Å². The van der Waals surface area contributed by atoms with Gasteiger partial charge < -0.3 is 15.5 Å². The zero-order valence-corrected chi connectivity index (χ0v) is 9.90. The molecule has 0 aliphatic carbocycles. The normalized spacial score (nSPS) is 11.9. The fourth-order valence-corrected chi connectivity index (χ4v) is 1.40. The van der Waals surface area contributed by atoms with Crippen LogP contribution < -0.4 is 5.32 Å². The third kappa shape index (κ3) is 4.63. The summed E-state index contributed by atoms with van der Waals surface area (Å²) < 4.78 is 25.5. The van der Waals surface area contributed by atoms with Gasteiger partial charge >= 0.3 is 5.97 Å². The summed E-state index contributed by atoms with van der Waals surface area (Å²) in [4.78, 5) is 21.9. The van der Waals surface area contributed by atoms with Crippen LogP contribution in [0, 0.1) is 11.6 Å². The quantitative estimate of drug-likeness (QED) is 0.702. The van der Waals surface area contributed by atoms with Crippen molar-refractivity contribution >= 4 is 11.9 Å². The minimum Gasteiger partial charge on any atom is -0.480 e. The van der Waals surface area contributed by atoms with Crippen LogP contribution in [0.5, 0.6) is 0 Å². The molecule has 0 saturated heterocycles. The van der Waals surface area contributed by atoms with Crippen LogP contribution in [-0.2, 0) is 16.0 Å². The maximum atomic E-state index is 12.9. The Balaban J connectivity index is 2.49. The Morgan fingerprint density at radius 3 is 2.47 bits per heavy atom. The molecule has 0 aliphatic heterocycles. The van der Waals surface area contributed by atoms with Crippen LogP contribution in [0.4, 0.5) is 8.78 Å². The second-order valence-electron chi connectivity index (χ2n) is 3.89. The fourth-order valence-electron chi connectivity index (χ4n) is 1.40. The van der Waals surface area contributed by atoms with Gasteiger partial charge in [0.2, 0.25) is 5.91 Å². The van der Waals surface area contributed by atoms with Gasteiger partial charge in [0, 0.05) is 6.42 Å². The molecular formula is C12H13F2NO4. The number of hydrogen-bond acceptors (Lipinski definition) is 3. The molecule has 0 saturated carbocycles. The van der Waals surface area contributed by atoms with Crippen molar-refractivity contribution in [2.75, 3.05) is 6.61 Å². The van der Waals surface area contributed by atoms with Crippen LogP contribution in [0.15, 0.2) is 18.2 Å². The highest BCUT2D eigenvalue weighted by Crippen LogP contribution is 2.10. The number of aliphatic carboxylic acids is 1. The number of carboxylic acid groups (broad SMARTS) is 1. The summed E-state index contributed by atoms with van der Waals surface area (Å²) in [5.74, 6) is -3.91. The van der Waals surface area contributed by atoms with Gasteiger partial charge in [0.15, 0.2) is 11.6 Å². The summed E-state index contributed by atoms with van der Waals surface area (Å²) in [6, 6.07) is 1.91. The van der Waals surface area contributed by atoms with Gasteiger partial charge in [0.1, 0.15) is 6.04 Å². The number of nitrogens with one attached hydrogen (secondary N) is 1. The van der Waals surface area contributed by atoms with Gasteiger partial charge in [0.25, 0.3) is 0 Å². The van der Waals surface area contributed by atoms with Gasteiger partial charge in [-0.3, -0.25) is 4.79 Å². The van der Waals surface area contributed by atoms with Crippen LogP contribution in [0.2, 0.25) is 0 Å². The van der Waals surface area contributed by atoms with E-state index in [1.54, 1.807) is 0 Å². The van der Waals surface area contributed by atoms with Gasteiger partial charge in [0.05, 0.1) is 6.61 Å². The fraction of sp³-hybridized carbons (Fsp3) is 0.333. The van der Waals surface area contributed by atoms with Crippen LogP contribution in [0.1, 0.15) is 12.0 Å². The van der Waals surface area contributed by atoms with E-state index < -0.39 is 36.2 Å². The second-order valence-corrected chi connectivity index (χ2v) is 3.89. The molecule has 0 aromatic heterocycles. The Kier molecular flexibility index (Phi) is 5.37. The lowest BCUT2D eigenvalue weighted by Gasteiger charge is -2.11. The highest BCUT2D eigenvalue weighted by Gasteiger charge is 2.18. The minimum atomic E-state index is -1.36. The predicted octanol–water partition coefficient (Wildman–Crippen LogP) is 0.459. The minimum absolute atomic E-state index is 0.0884. The first-order valence-electron chi connectivity index (χ1n) is 5.51. The molecule has 1 aromatic rings. The third-order valence-electron chi connectivity index (χ3n) is 2.44. The Labute approximate surface area is 107 Å². The molecule has 0 radical (unpaired) electrons. The van der Waals surface area contributed by atoms with Gasteiger partial charge in [-0.15, -0.1) is 0 Å². The lowest BCUT2D eigenvalue weighted by molar-refractivity contribution is -0.142. The number of aryl methyl sites for hydroxylation is 1. The van der Waals surface area contributed by atoms with Crippen LogP contribution in [0.3, 0.4) is 0 Å². The average molecular weight is 273 g/mol. The molecule has 7 heteroatoms. The number of carbonyl (C=O) groups excluding carboxylic acids is 1. The molecule has 0 spiro atoms. The average Bonchev–Trinajstić information content (AvgIpc) is 2.37. The predicted molar refractivity (Wildman–Crippen MR) is 61.3 cm³/mol. The number of aliphatic hydroxyl groups excluding tert-OH is 1. The summed E-state index contributed by atoms with van der Waals surface area (Å²) in [7, 11) is 0. The highest BCUT2D eigenvalue weighted by atomic mass is 19.2. The molecule has 1 amide bonds. The number of carbonyl (C=O) groups is 2. The molecule has 0 aliphatic rings. The topological polar surface area (TPSA) is 86.6 Å². The first kappa shape index (κ1) is 15.0. The lowest BCUT2D eigenvalue weighted by atomic mass is 10.1. The first-order chi connectivity index (χ1) is 8.93. The van der Waals surface area contributed by atoms with Crippen LogP contribution in [-0.4, -0.2) is 34.7 Å². The smallest absolute Gasteiger partial charge is 0.328 e. The number of halogens is 2. The van der Waals surface area contributed by atoms with E-state index in [4.69, 9.17) is 10.2 Å². The monoisotopic (exact) mass is 273 g/mol. The molecule has 1 atom stereocenters.